The molecule has 1 aliphatic heterocycles. The third-order valence-corrected chi connectivity index (χ3v) is 7.71. The number of halogens is 8. The Morgan fingerprint density at radius 1 is 1.05 bits per heavy atom. The average molecular weight is 606 g/mol. The molecule has 4 rings (SSSR count). The molecule has 222 valence electrons. The Morgan fingerprint density at radius 2 is 1.66 bits per heavy atom. The molecule has 2 aromatic carbocycles. The first-order valence-corrected chi connectivity index (χ1v) is 13.0. The summed E-state index contributed by atoms with van der Waals surface area (Å²) in [6.45, 7) is 4.93. The molecule has 1 amide bonds. The molecule has 1 heterocycles. The van der Waals surface area contributed by atoms with Crippen LogP contribution in [0.4, 0.5) is 35.5 Å². The topological polar surface area (TPSA) is 38.8 Å². The van der Waals surface area contributed by atoms with Gasteiger partial charge in [0.2, 0.25) is 0 Å². The number of amides is 1. The summed E-state index contributed by atoms with van der Waals surface area (Å²) >= 11 is 6.37. The van der Waals surface area contributed by atoms with Gasteiger partial charge in [-0.05, 0) is 71.5 Å². The summed E-state index contributed by atoms with van der Waals surface area (Å²) in [5.41, 5.74) is -3.14. The van der Waals surface area contributed by atoms with Crippen molar-refractivity contribution < 1.29 is 45.0 Å². The number of benzene rings is 2. The molecule has 1 unspecified atom stereocenters. The molecule has 41 heavy (non-hydrogen) atoms. The van der Waals surface area contributed by atoms with Crippen LogP contribution in [-0.2, 0) is 21.8 Å². The fourth-order valence-electron chi connectivity index (χ4n) is 5.23. The maximum Gasteiger partial charge on any atom is 0.416 e. The Labute approximate surface area is 237 Å². The molecule has 0 radical (unpaired) electrons. The first-order valence-electron chi connectivity index (χ1n) is 12.7. The van der Waals surface area contributed by atoms with Gasteiger partial charge in [-0.3, -0.25) is 4.90 Å². The number of methoxy groups -OCH3 is 1. The molecule has 0 N–H and O–H groups in total. The van der Waals surface area contributed by atoms with Crippen molar-refractivity contribution in [1.82, 2.24) is 4.90 Å². The smallest absolute Gasteiger partial charge is 0.416 e. The Morgan fingerprint density at radius 3 is 2.20 bits per heavy atom. The Bertz CT molecular complexity index is 1370. The van der Waals surface area contributed by atoms with Crippen LogP contribution in [0.2, 0.25) is 0 Å². The molecule has 4 nitrogen and oxygen atoms in total. The number of hydrogen-bond acceptors (Lipinski definition) is 3. The van der Waals surface area contributed by atoms with Gasteiger partial charge in [0, 0.05) is 18.6 Å². The zero-order valence-electron chi connectivity index (χ0n) is 22.5. The summed E-state index contributed by atoms with van der Waals surface area (Å²) in [5, 5.41) is 0.381. The van der Waals surface area contributed by atoms with Crippen LogP contribution in [-0.4, -0.2) is 36.3 Å². The van der Waals surface area contributed by atoms with E-state index in [-0.39, 0.29) is 24.9 Å². The molecular weight excluding hydrogens is 579 g/mol. The van der Waals surface area contributed by atoms with Gasteiger partial charge >= 0.3 is 18.4 Å². The maximum absolute atomic E-state index is 14.5. The van der Waals surface area contributed by atoms with E-state index >= 15 is 0 Å². The molecule has 0 saturated carbocycles. The van der Waals surface area contributed by atoms with Gasteiger partial charge in [-0.25, -0.2) is 9.18 Å². The lowest BCUT2D eigenvalue weighted by Crippen LogP contribution is -2.49. The molecule has 2 aliphatic rings. The highest BCUT2D eigenvalue weighted by Crippen LogP contribution is 2.45. The molecule has 3 atom stereocenters. The zero-order chi connectivity index (χ0) is 30.5. The van der Waals surface area contributed by atoms with Gasteiger partial charge < -0.3 is 9.47 Å². The van der Waals surface area contributed by atoms with Crippen LogP contribution in [0.3, 0.4) is 0 Å². The van der Waals surface area contributed by atoms with Gasteiger partial charge in [0.1, 0.15) is 17.5 Å². The first kappa shape index (κ1) is 30.9. The van der Waals surface area contributed by atoms with Crippen molar-refractivity contribution in [2.45, 2.75) is 63.2 Å². The number of hydrogen-bond donors (Lipinski definition) is 0. The van der Waals surface area contributed by atoms with E-state index in [9.17, 15) is 35.5 Å². The van der Waals surface area contributed by atoms with Crippen molar-refractivity contribution in [3.8, 4) is 0 Å². The van der Waals surface area contributed by atoms with Crippen LogP contribution in [0.5, 0.6) is 0 Å². The zero-order valence-corrected chi connectivity index (χ0v) is 23.2. The average Bonchev–Trinajstić information content (AvgIpc) is 3.16. The molecule has 12 heteroatoms. The standard InChI is InChI=1S/C29H27ClF7NO3/c1-15(2)22-11-17(5-8-24(22)31)23-7-6-21(30)13-27(23,40-4)14-38-16(3)25(41-26(38)39)18-9-19(28(32,33)34)12-20(10-18)29(35,36)37/h5-12,15-16,25H,13-14H2,1-4H3/t16-,25-,27?/m0/s1. The number of carbonyl (C=O) groups excluding carboxylic acids is 1. The summed E-state index contributed by atoms with van der Waals surface area (Å²) in [7, 11) is 1.39. The van der Waals surface area contributed by atoms with Crippen molar-refractivity contribution in [1.29, 1.82) is 0 Å². The summed E-state index contributed by atoms with van der Waals surface area (Å²) in [6.07, 6.45) is -9.08. The molecule has 2 aromatic rings. The molecular formula is C29H27ClF7NO3. The van der Waals surface area contributed by atoms with Crippen LogP contribution in [0.1, 0.15) is 67.0 Å². The van der Waals surface area contributed by atoms with Gasteiger partial charge in [0.15, 0.2) is 0 Å². The van der Waals surface area contributed by atoms with Crippen LogP contribution in [0.25, 0.3) is 5.57 Å². The SMILES string of the molecule is COC1(CN2C(=O)O[C@H](c3cc(C(F)(F)F)cc(C(F)(F)F)c3)[C@@H]2C)CC(Cl)=CC=C1c1ccc(F)c(C(C)C)c1. The van der Waals surface area contributed by atoms with Crippen molar-refractivity contribution in [2.24, 2.45) is 0 Å². The predicted octanol–water partition coefficient (Wildman–Crippen LogP) is 8.86. The number of cyclic esters (lactones) is 1. The second-order valence-electron chi connectivity index (χ2n) is 10.5. The van der Waals surface area contributed by atoms with Crippen molar-refractivity contribution in [3.05, 3.63) is 87.2 Å². The Hall–Kier alpha value is -3.05. The summed E-state index contributed by atoms with van der Waals surface area (Å²) in [5.74, 6) is -0.533. The van der Waals surface area contributed by atoms with Crippen LogP contribution < -0.4 is 0 Å². The van der Waals surface area contributed by atoms with Crippen molar-refractivity contribution >= 4 is 23.3 Å². The van der Waals surface area contributed by atoms with E-state index in [4.69, 9.17) is 21.1 Å². The third kappa shape index (κ3) is 6.11. The van der Waals surface area contributed by atoms with E-state index in [1.165, 1.54) is 25.0 Å². The summed E-state index contributed by atoms with van der Waals surface area (Å²) in [4.78, 5) is 14.3. The summed E-state index contributed by atoms with van der Waals surface area (Å²) < 4.78 is 107. The van der Waals surface area contributed by atoms with Gasteiger partial charge in [-0.1, -0.05) is 37.6 Å². The lowest BCUT2D eigenvalue weighted by molar-refractivity contribution is -0.143. The number of alkyl halides is 6. The number of allylic oxidation sites excluding steroid dienone is 2. The second kappa shape index (κ2) is 11.0. The van der Waals surface area contributed by atoms with E-state index in [1.54, 1.807) is 24.3 Å². The maximum atomic E-state index is 14.5. The molecule has 0 aromatic heterocycles. The lowest BCUT2D eigenvalue weighted by Gasteiger charge is -2.40. The Balaban J connectivity index is 1.73. The van der Waals surface area contributed by atoms with Crippen LogP contribution in [0.15, 0.2) is 53.6 Å². The molecule has 1 saturated heterocycles. The van der Waals surface area contributed by atoms with E-state index < -0.39 is 58.7 Å². The Kier molecular flexibility index (Phi) is 8.27. The fraction of sp³-hybridized carbons (Fsp3) is 0.414. The fourth-order valence-corrected chi connectivity index (χ4v) is 5.51. The van der Waals surface area contributed by atoms with E-state index in [1.807, 2.05) is 13.8 Å². The molecule has 0 spiro atoms. The number of nitrogens with zero attached hydrogens (tertiary/aromatic N) is 1. The van der Waals surface area contributed by atoms with Crippen molar-refractivity contribution in [3.63, 3.8) is 0 Å². The molecule has 0 bridgehead atoms. The highest BCUT2D eigenvalue weighted by molar-refractivity contribution is 6.30. The highest BCUT2D eigenvalue weighted by Gasteiger charge is 2.48. The van der Waals surface area contributed by atoms with E-state index in [0.29, 0.717) is 33.9 Å². The number of ether oxygens (including phenoxy) is 2. The third-order valence-electron chi connectivity index (χ3n) is 7.45. The highest BCUT2D eigenvalue weighted by atomic mass is 35.5. The normalized spacial score (nSPS) is 23.5. The predicted molar refractivity (Wildman–Crippen MR) is 139 cm³/mol. The minimum atomic E-state index is -5.06. The summed E-state index contributed by atoms with van der Waals surface area (Å²) in [6, 6.07) is 4.69. The quantitative estimate of drug-likeness (QED) is 0.309. The number of carbonyl (C=O) groups is 1. The van der Waals surface area contributed by atoms with Gasteiger partial charge in [0.05, 0.1) is 23.7 Å². The minimum Gasteiger partial charge on any atom is -0.439 e. The van der Waals surface area contributed by atoms with E-state index in [0.717, 1.165) is 0 Å². The van der Waals surface area contributed by atoms with Crippen LogP contribution in [0, 0.1) is 5.82 Å². The van der Waals surface area contributed by atoms with Crippen molar-refractivity contribution in [2.75, 3.05) is 13.7 Å². The first-order chi connectivity index (χ1) is 19.0. The minimum absolute atomic E-state index is 0.0180. The largest absolute Gasteiger partial charge is 0.439 e. The van der Waals surface area contributed by atoms with Gasteiger partial charge in [-0.15, -0.1) is 0 Å². The monoisotopic (exact) mass is 605 g/mol. The van der Waals surface area contributed by atoms with Gasteiger partial charge in [-0.2, -0.15) is 26.3 Å². The van der Waals surface area contributed by atoms with E-state index in [2.05, 4.69) is 0 Å². The van der Waals surface area contributed by atoms with Gasteiger partial charge in [0.25, 0.3) is 0 Å². The molecule has 1 aliphatic carbocycles. The van der Waals surface area contributed by atoms with Crippen LogP contribution >= 0.6 is 11.6 Å². The second-order valence-corrected chi connectivity index (χ2v) is 11.0. The molecule has 1 fully saturated rings. The number of rotatable bonds is 6. The lowest BCUT2D eigenvalue weighted by atomic mass is 9.80.